The molecule has 0 aliphatic rings. The fourth-order valence-electron chi connectivity index (χ4n) is 1.70. The molecule has 2 aromatic carbocycles. The molecule has 0 aromatic heterocycles. The van der Waals surface area contributed by atoms with Gasteiger partial charge in [-0.2, -0.15) is 0 Å². The molecule has 0 aliphatic carbocycles. The van der Waals surface area contributed by atoms with Crippen LogP contribution in [0.25, 0.3) is 0 Å². The average molecular weight is 276 g/mol. The second kappa shape index (κ2) is 5.33. The second-order valence-corrected chi connectivity index (χ2v) is 4.85. The van der Waals surface area contributed by atoms with E-state index in [-0.39, 0.29) is 11.7 Å². The fraction of sp³-hybridized carbons (Fsp3) is 0.133. The van der Waals surface area contributed by atoms with Crippen LogP contribution < -0.4 is 5.32 Å². The van der Waals surface area contributed by atoms with Crippen LogP contribution in [0.4, 0.5) is 5.69 Å². The number of carbonyl (C=O) groups excluding carboxylic acids is 1. The third-order valence-electron chi connectivity index (χ3n) is 2.97. The molecule has 0 heterocycles. The number of carbonyl (C=O) groups is 1. The van der Waals surface area contributed by atoms with Gasteiger partial charge in [0.05, 0.1) is 5.69 Å². The number of aromatic hydroxyl groups is 1. The number of phenols is 1. The molecule has 2 aromatic rings. The summed E-state index contributed by atoms with van der Waals surface area (Å²) in [7, 11) is 0. The van der Waals surface area contributed by atoms with Crippen LogP contribution in [0.5, 0.6) is 5.75 Å². The summed E-state index contributed by atoms with van der Waals surface area (Å²) in [6.07, 6.45) is 0. The average Bonchev–Trinajstić information content (AvgIpc) is 2.36. The summed E-state index contributed by atoms with van der Waals surface area (Å²) in [4.78, 5) is 12.0. The summed E-state index contributed by atoms with van der Waals surface area (Å²) < 4.78 is 0. The molecule has 0 radical (unpaired) electrons. The van der Waals surface area contributed by atoms with Crippen molar-refractivity contribution in [3.63, 3.8) is 0 Å². The van der Waals surface area contributed by atoms with Gasteiger partial charge in [-0.3, -0.25) is 4.79 Å². The molecule has 98 valence electrons. The van der Waals surface area contributed by atoms with Crippen LogP contribution in [-0.4, -0.2) is 11.0 Å². The van der Waals surface area contributed by atoms with Gasteiger partial charge in [0.1, 0.15) is 5.75 Å². The Kier molecular flexibility index (Phi) is 3.76. The van der Waals surface area contributed by atoms with Crippen molar-refractivity contribution in [2.24, 2.45) is 0 Å². The van der Waals surface area contributed by atoms with E-state index in [1.54, 1.807) is 36.4 Å². The van der Waals surface area contributed by atoms with E-state index in [2.05, 4.69) is 5.32 Å². The van der Waals surface area contributed by atoms with Crippen molar-refractivity contribution < 1.29 is 9.90 Å². The lowest BCUT2D eigenvalue weighted by Gasteiger charge is -2.10. The third-order valence-corrected chi connectivity index (χ3v) is 3.22. The topological polar surface area (TPSA) is 49.3 Å². The quantitative estimate of drug-likeness (QED) is 0.816. The van der Waals surface area contributed by atoms with Crippen LogP contribution in [0.2, 0.25) is 5.02 Å². The predicted molar refractivity (Wildman–Crippen MR) is 77.0 cm³/mol. The van der Waals surface area contributed by atoms with Gasteiger partial charge >= 0.3 is 0 Å². The summed E-state index contributed by atoms with van der Waals surface area (Å²) in [5, 5.41) is 13.1. The molecule has 0 atom stereocenters. The Balaban J connectivity index is 2.24. The summed E-state index contributed by atoms with van der Waals surface area (Å²) in [6, 6.07) is 9.95. The number of rotatable bonds is 2. The minimum Gasteiger partial charge on any atom is -0.506 e. The summed E-state index contributed by atoms with van der Waals surface area (Å²) >= 11 is 5.77. The molecule has 0 bridgehead atoms. The van der Waals surface area contributed by atoms with Crippen LogP contribution in [-0.2, 0) is 0 Å². The minimum atomic E-state index is -0.282. The smallest absolute Gasteiger partial charge is 0.255 e. The number of nitrogens with one attached hydrogen (secondary N) is 1. The molecule has 2 N–H and O–H groups in total. The van der Waals surface area contributed by atoms with Crippen LogP contribution in [0, 0.1) is 13.8 Å². The molecular weight excluding hydrogens is 262 g/mol. The number of hydrogen-bond donors (Lipinski definition) is 2. The fourth-order valence-corrected chi connectivity index (χ4v) is 1.82. The zero-order chi connectivity index (χ0) is 14.0. The molecule has 0 saturated heterocycles. The molecular formula is C15H14ClNO2. The zero-order valence-corrected chi connectivity index (χ0v) is 11.5. The molecule has 0 saturated carbocycles. The molecule has 3 nitrogen and oxygen atoms in total. The Morgan fingerprint density at radius 2 is 1.68 bits per heavy atom. The maximum Gasteiger partial charge on any atom is 0.255 e. The number of halogens is 1. The Labute approximate surface area is 116 Å². The van der Waals surface area contributed by atoms with E-state index in [1.807, 2.05) is 13.8 Å². The Morgan fingerprint density at radius 1 is 1.11 bits per heavy atom. The number of amides is 1. The van der Waals surface area contributed by atoms with Gasteiger partial charge in [0, 0.05) is 10.6 Å². The Bertz CT molecular complexity index is 621. The first-order chi connectivity index (χ1) is 8.97. The van der Waals surface area contributed by atoms with Gasteiger partial charge in [0.15, 0.2) is 0 Å². The van der Waals surface area contributed by atoms with Gasteiger partial charge < -0.3 is 10.4 Å². The molecule has 1 amide bonds. The molecule has 0 fully saturated rings. The van der Waals surface area contributed by atoms with E-state index in [9.17, 15) is 9.90 Å². The number of phenolic OH excluding ortho intramolecular Hbond substituents is 1. The summed E-state index contributed by atoms with van der Waals surface area (Å²) in [5.74, 6) is -0.222. The van der Waals surface area contributed by atoms with Gasteiger partial charge in [-0.15, -0.1) is 0 Å². The molecule has 0 spiro atoms. The van der Waals surface area contributed by atoms with Crippen LogP contribution in [0.15, 0.2) is 36.4 Å². The lowest BCUT2D eigenvalue weighted by atomic mass is 10.1. The van der Waals surface area contributed by atoms with Gasteiger partial charge in [0.25, 0.3) is 5.91 Å². The SMILES string of the molecule is Cc1cc(O)c(NC(=O)c2ccc(Cl)cc2)cc1C. The van der Waals surface area contributed by atoms with Gasteiger partial charge in [-0.05, 0) is 61.4 Å². The Hall–Kier alpha value is -2.00. The molecule has 0 aliphatic heterocycles. The monoisotopic (exact) mass is 275 g/mol. The van der Waals surface area contributed by atoms with E-state index in [0.717, 1.165) is 11.1 Å². The van der Waals surface area contributed by atoms with Crippen molar-refractivity contribution in [3.8, 4) is 5.75 Å². The lowest BCUT2D eigenvalue weighted by Crippen LogP contribution is -2.12. The van der Waals surface area contributed by atoms with Gasteiger partial charge in [0.2, 0.25) is 0 Å². The van der Waals surface area contributed by atoms with Crippen molar-refractivity contribution in [2.75, 3.05) is 5.32 Å². The number of benzene rings is 2. The van der Waals surface area contributed by atoms with Crippen LogP contribution in [0.1, 0.15) is 21.5 Å². The minimum absolute atomic E-state index is 0.0606. The highest BCUT2D eigenvalue weighted by molar-refractivity contribution is 6.30. The lowest BCUT2D eigenvalue weighted by molar-refractivity contribution is 0.102. The van der Waals surface area contributed by atoms with E-state index in [0.29, 0.717) is 16.3 Å². The van der Waals surface area contributed by atoms with Crippen molar-refractivity contribution >= 4 is 23.2 Å². The van der Waals surface area contributed by atoms with E-state index >= 15 is 0 Å². The highest BCUT2D eigenvalue weighted by atomic mass is 35.5. The van der Waals surface area contributed by atoms with Gasteiger partial charge in [-0.1, -0.05) is 11.6 Å². The van der Waals surface area contributed by atoms with E-state index in [4.69, 9.17) is 11.6 Å². The van der Waals surface area contributed by atoms with Gasteiger partial charge in [-0.25, -0.2) is 0 Å². The molecule has 2 rings (SSSR count). The molecule has 4 heteroatoms. The summed E-state index contributed by atoms with van der Waals surface area (Å²) in [6.45, 7) is 3.83. The first-order valence-corrected chi connectivity index (χ1v) is 6.22. The largest absolute Gasteiger partial charge is 0.506 e. The highest BCUT2D eigenvalue weighted by Crippen LogP contribution is 2.27. The van der Waals surface area contributed by atoms with Crippen molar-refractivity contribution in [2.45, 2.75) is 13.8 Å². The number of aryl methyl sites for hydroxylation is 2. The maximum atomic E-state index is 12.0. The third kappa shape index (κ3) is 3.06. The molecule has 0 unspecified atom stereocenters. The highest BCUT2D eigenvalue weighted by Gasteiger charge is 2.10. The molecule has 19 heavy (non-hydrogen) atoms. The standard InChI is InChI=1S/C15H14ClNO2/c1-9-7-13(14(18)8-10(9)2)17-15(19)11-3-5-12(16)6-4-11/h3-8,18H,1-2H3,(H,17,19). The first-order valence-electron chi connectivity index (χ1n) is 5.84. The van der Waals surface area contributed by atoms with Crippen molar-refractivity contribution in [1.29, 1.82) is 0 Å². The number of anilines is 1. The predicted octanol–water partition coefficient (Wildman–Crippen LogP) is 3.91. The van der Waals surface area contributed by atoms with E-state index in [1.165, 1.54) is 0 Å². The summed E-state index contributed by atoms with van der Waals surface area (Å²) in [5.41, 5.74) is 2.87. The number of hydrogen-bond acceptors (Lipinski definition) is 2. The first kappa shape index (κ1) is 13.4. The van der Waals surface area contributed by atoms with Crippen molar-refractivity contribution in [1.82, 2.24) is 0 Å². The Morgan fingerprint density at radius 3 is 2.32 bits per heavy atom. The van der Waals surface area contributed by atoms with E-state index < -0.39 is 0 Å². The second-order valence-electron chi connectivity index (χ2n) is 4.41. The zero-order valence-electron chi connectivity index (χ0n) is 10.7. The van der Waals surface area contributed by atoms with Crippen LogP contribution >= 0.6 is 11.6 Å². The van der Waals surface area contributed by atoms with Crippen molar-refractivity contribution in [3.05, 3.63) is 58.1 Å². The maximum absolute atomic E-state index is 12.0. The van der Waals surface area contributed by atoms with Crippen LogP contribution in [0.3, 0.4) is 0 Å². The normalized spacial score (nSPS) is 10.3.